The lowest BCUT2D eigenvalue weighted by atomic mass is 9.90. The summed E-state index contributed by atoms with van der Waals surface area (Å²) in [6.07, 6.45) is -4.37. The summed E-state index contributed by atoms with van der Waals surface area (Å²) in [6, 6.07) is 6.25. The smallest absolute Gasteiger partial charge is 0.350 e. The molecule has 0 amide bonds. The fourth-order valence-electron chi connectivity index (χ4n) is 3.40. The van der Waals surface area contributed by atoms with E-state index in [1.54, 1.807) is 18.2 Å². The first-order valence-electron chi connectivity index (χ1n) is 10.3. The summed E-state index contributed by atoms with van der Waals surface area (Å²) in [7, 11) is 0. The Morgan fingerprint density at radius 1 is 1.12 bits per heavy atom. The van der Waals surface area contributed by atoms with Crippen LogP contribution < -0.4 is 4.74 Å². The number of Topliss-reactive ketones (excluding diaryl/α,β-unsaturated/α-hetero) is 1. The number of carbonyl (C=O) groups excluding carboxylic acids is 3. The number of allylic oxidation sites excluding steroid dienone is 1. The highest BCUT2D eigenvalue weighted by Crippen LogP contribution is 2.28. The van der Waals surface area contributed by atoms with Crippen LogP contribution in [0.4, 0.5) is 0 Å². The first-order valence-corrected chi connectivity index (χ1v) is 10.3. The summed E-state index contributed by atoms with van der Waals surface area (Å²) in [5.41, 5.74) is -2.03. The molecule has 1 aliphatic carbocycles. The molecule has 0 spiro atoms. The Morgan fingerprint density at radius 2 is 1.85 bits per heavy atom. The quantitative estimate of drug-likeness (QED) is 0.224. The molecule has 2 aliphatic rings. The number of ketones is 1. The predicted octanol–water partition coefficient (Wildman–Crippen LogP) is -0.870. The van der Waals surface area contributed by atoms with E-state index in [1.165, 1.54) is 19.1 Å². The normalized spacial score (nSPS) is 31.7. The number of esters is 2. The SMILES string of the molecule is CC(=O)OC[C@H]1O[C@@H](Oc2ccccc2COC(=O)[C@]2(O)C=CCCC2=O)[C@H](O)[C@@H](O)[C@@H]1O. The van der Waals surface area contributed by atoms with Crippen molar-refractivity contribution in [1.29, 1.82) is 0 Å². The molecule has 11 heteroatoms. The van der Waals surface area contributed by atoms with Gasteiger partial charge in [0, 0.05) is 18.9 Å². The van der Waals surface area contributed by atoms with Gasteiger partial charge in [-0.25, -0.2) is 4.79 Å². The summed E-state index contributed by atoms with van der Waals surface area (Å²) in [4.78, 5) is 35.4. The maximum Gasteiger partial charge on any atom is 0.350 e. The molecular formula is C22H26O11. The molecule has 0 saturated carbocycles. The lowest BCUT2D eigenvalue weighted by molar-refractivity contribution is -0.278. The van der Waals surface area contributed by atoms with Crippen LogP contribution in [0.15, 0.2) is 36.4 Å². The number of rotatable bonds is 7. The molecule has 1 heterocycles. The van der Waals surface area contributed by atoms with Crippen LogP contribution in [0.3, 0.4) is 0 Å². The van der Waals surface area contributed by atoms with Crippen LogP contribution in [-0.2, 0) is 35.2 Å². The second-order valence-electron chi connectivity index (χ2n) is 7.75. The van der Waals surface area contributed by atoms with Crippen LogP contribution in [0.25, 0.3) is 0 Å². The van der Waals surface area contributed by atoms with E-state index in [-0.39, 0.29) is 25.4 Å². The lowest BCUT2D eigenvalue weighted by Gasteiger charge is -2.40. The zero-order valence-corrected chi connectivity index (χ0v) is 17.8. The van der Waals surface area contributed by atoms with Crippen LogP contribution in [0.1, 0.15) is 25.3 Å². The van der Waals surface area contributed by atoms with Crippen molar-refractivity contribution in [2.75, 3.05) is 6.61 Å². The third kappa shape index (κ3) is 5.57. The monoisotopic (exact) mass is 466 g/mol. The predicted molar refractivity (Wildman–Crippen MR) is 109 cm³/mol. The molecule has 0 radical (unpaired) electrons. The molecule has 1 aliphatic heterocycles. The van der Waals surface area contributed by atoms with Gasteiger partial charge in [0.15, 0.2) is 5.78 Å². The maximum atomic E-state index is 12.4. The number of aliphatic hydroxyl groups is 4. The van der Waals surface area contributed by atoms with Crippen molar-refractivity contribution in [3.63, 3.8) is 0 Å². The van der Waals surface area contributed by atoms with Gasteiger partial charge in [-0.05, 0) is 18.6 Å². The fourth-order valence-corrected chi connectivity index (χ4v) is 3.40. The van der Waals surface area contributed by atoms with E-state index in [9.17, 15) is 34.8 Å². The summed E-state index contributed by atoms with van der Waals surface area (Å²) >= 11 is 0. The highest BCUT2D eigenvalue weighted by atomic mass is 16.7. The van der Waals surface area contributed by atoms with Crippen LogP contribution in [0.2, 0.25) is 0 Å². The summed E-state index contributed by atoms with van der Waals surface area (Å²) < 4.78 is 21.1. The van der Waals surface area contributed by atoms with E-state index in [1.807, 2.05) is 0 Å². The van der Waals surface area contributed by atoms with E-state index < -0.39 is 54.0 Å². The topological polar surface area (TPSA) is 169 Å². The Kier molecular flexibility index (Phi) is 7.82. The van der Waals surface area contributed by atoms with Gasteiger partial charge in [-0.2, -0.15) is 0 Å². The molecule has 1 aromatic carbocycles. The standard InChI is InChI=1S/C22H26O11/c1-12(23)30-11-15-17(25)18(26)19(27)20(33-15)32-14-7-3-2-6-13(14)10-31-21(28)22(29)9-5-4-8-16(22)24/h2-3,5-7,9,15,17-20,25-27,29H,4,8,10-11H2,1H3/t15-,17-,18+,19-,20-,22+/m1/s1. The molecule has 1 aromatic rings. The summed E-state index contributed by atoms with van der Waals surface area (Å²) in [6.45, 7) is 0.419. The van der Waals surface area contributed by atoms with Crippen LogP contribution in [0, 0.1) is 0 Å². The number of carbonyl (C=O) groups is 3. The van der Waals surface area contributed by atoms with Crippen LogP contribution in [0.5, 0.6) is 5.75 Å². The Balaban J connectivity index is 1.70. The van der Waals surface area contributed by atoms with Gasteiger partial charge in [0.05, 0.1) is 0 Å². The minimum absolute atomic E-state index is 0.0153. The van der Waals surface area contributed by atoms with Gasteiger partial charge in [0.1, 0.15) is 43.4 Å². The minimum Gasteiger partial charge on any atom is -0.463 e. The number of hydrogen-bond donors (Lipinski definition) is 4. The molecule has 1 saturated heterocycles. The van der Waals surface area contributed by atoms with E-state index in [0.29, 0.717) is 12.0 Å². The Labute approximate surface area is 189 Å². The maximum absolute atomic E-state index is 12.4. The molecule has 11 nitrogen and oxygen atoms in total. The molecular weight excluding hydrogens is 440 g/mol. The van der Waals surface area contributed by atoms with Gasteiger partial charge in [-0.3, -0.25) is 9.59 Å². The first kappa shape index (κ1) is 24.8. The van der Waals surface area contributed by atoms with Crippen molar-refractivity contribution in [2.45, 2.75) is 62.7 Å². The van der Waals surface area contributed by atoms with Gasteiger partial charge in [-0.1, -0.05) is 24.3 Å². The Morgan fingerprint density at radius 3 is 2.55 bits per heavy atom. The van der Waals surface area contributed by atoms with Gasteiger partial charge in [0.25, 0.3) is 0 Å². The van der Waals surface area contributed by atoms with Gasteiger partial charge in [0.2, 0.25) is 11.9 Å². The highest BCUT2D eigenvalue weighted by molar-refractivity contribution is 6.09. The van der Waals surface area contributed by atoms with E-state index in [0.717, 1.165) is 6.08 Å². The average molecular weight is 466 g/mol. The zero-order valence-electron chi connectivity index (χ0n) is 17.8. The second-order valence-corrected chi connectivity index (χ2v) is 7.75. The molecule has 0 aromatic heterocycles. The number of hydrogen-bond acceptors (Lipinski definition) is 11. The average Bonchev–Trinajstić information content (AvgIpc) is 2.79. The molecule has 33 heavy (non-hydrogen) atoms. The Bertz CT molecular complexity index is 913. The number of benzene rings is 1. The van der Waals surface area contributed by atoms with Gasteiger partial charge < -0.3 is 39.4 Å². The molecule has 3 rings (SSSR count). The third-order valence-corrected chi connectivity index (χ3v) is 5.33. The largest absolute Gasteiger partial charge is 0.463 e. The van der Waals surface area contributed by atoms with E-state index in [4.69, 9.17) is 18.9 Å². The van der Waals surface area contributed by atoms with Crippen molar-refractivity contribution in [3.05, 3.63) is 42.0 Å². The number of aliphatic hydroxyl groups excluding tert-OH is 3. The molecule has 1 fully saturated rings. The van der Waals surface area contributed by atoms with Crippen molar-refractivity contribution in [2.24, 2.45) is 0 Å². The van der Waals surface area contributed by atoms with Gasteiger partial charge in [-0.15, -0.1) is 0 Å². The molecule has 4 N–H and O–H groups in total. The fraction of sp³-hybridized carbons (Fsp3) is 0.500. The van der Waals surface area contributed by atoms with Crippen molar-refractivity contribution in [1.82, 2.24) is 0 Å². The van der Waals surface area contributed by atoms with Crippen molar-refractivity contribution >= 4 is 17.7 Å². The minimum atomic E-state index is -2.35. The van der Waals surface area contributed by atoms with Gasteiger partial charge >= 0.3 is 11.9 Å². The second kappa shape index (κ2) is 10.4. The van der Waals surface area contributed by atoms with Crippen LogP contribution in [-0.4, -0.2) is 81.1 Å². The first-order chi connectivity index (χ1) is 15.6. The van der Waals surface area contributed by atoms with Crippen molar-refractivity contribution < 1.29 is 53.8 Å². The summed E-state index contributed by atoms with van der Waals surface area (Å²) in [5.74, 6) is -2.30. The van der Waals surface area contributed by atoms with E-state index >= 15 is 0 Å². The number of ether oxygens (including phenoxy) is 4. The van der Waals surface area contributed by atoms with Crippen molar-refractivity contribution in [3.8, 4) is 5.75 Å². The molecule has 6 atom stereocenters. The van der Waals surface area contributed by atoms with E-state index in [2.05, 4.69) is 0 Å². The Hall–Kier alpha value is -2.83. The summed E-state index contributed by atoms with van der Waals surface area (Å²) in [5, 5.41) is 40.8. The molecule has 0 unspecified atom stereocenters. The zero-order chi connectivity index (χ0) is 24.2. The number of para-hydroxylation sites is 1. The van der Waals surface area contributed by atoms with Crippen LogP contribution >= 0.6 is 0 Å². The lowest BCUT2D eigenvalue weighted by Crippen LogP contribution is -2.60. The molecule has 180 valence electrons. The third-order valence-electron chi connectivity index (χ3n) is 5.33. The highest BCUT2D eigenvalue weighted by Gasteiger charge is 2.46. The molecule has 0 bridgehead atoms.